The van der Waals surface area contributed by atoms with Crippen molar-refractivity contribution >= 4 is 35.1 Å². The van der Waals surface area contributed by atoms with Crippen LogP contribution in [0.3, 0.4) is 0 Å². The van der Waals surface area contributed by atoms with Crippen LogP contribution in [0.2, 0.25) is 0 Å². The van der Waals surface area contributed by atoms with Crippen LogP contribution in [0.4, 0.5) is 15.9 Å². The summed E-state index contributed by atoms with van der Waals surface area (Å²) in [7, 11) is 0. The average molecular weight is 444 g/mol. The summed E-state index contributed by atoms with van der Waals surface area (Å²) in [6.45, 7) is 2.50. The Morgan fingerprint density at radius 1 is 1.06 bits per heavy atom. The maximum Gasteiger partial charge on any atom is 0.228 e. The normalized spacial score (nSPS) is 16.3. The van der Waals surface area contributed by atoms with Crippen LogP contribution in [0.5, 0.6) is 0 Å². The number of para-hydroxylation sites is 1. The van der Waals surface area contributed by atoms with Gasteiger partial charge in [-0.3, -0.25) is 9.59 Å². The Kier molecular flexibility index (Phi) is 7.01. The molecule has 1 saturated carbocycles. The fourth-order valence-electron chi connectivity index (χ4n) is 3.50. The molecule has 2 heterocycles. The van der Waals surface area contributed by atoms with Crippen molar-refractivity contribution in [1.29, 1.82) is 0 Å². The molecular formula is C22H26FN5O2S. The zero-order valence-electron chi connectivity index (χ0n) is 17.3. The number of nitrogens with zero attached hydrogens (tertiary/aromatic N) is 4. The van der Waals surface area contributed by atoms with Gasteiger partial charge in [0.05, 0.1) is 5.69 Å². The Bertz CT molecular complexity index is 914. The van der Waals surface area contributed by atoms with E-state index in [-0.39, 0.29) is 23.5 Å². The summed E-state index contributed by atoms with van der Waals surface area (Å²) in [4.78, 5) is 28.1. The molecule has 0 spiro atoms. The maximum absolute atomic E-state index is 13.9. The molecular weight excluding hydrogens is 417 g/mol. The highest BCUT2D eigenvalue weighted by atomic mass is 32.2. The number of halogens is 1. The third-order valence-corrected chi connectivity index (χ3v) is 6.46. The molecule has 0 bridgehead atoms. The molecule has 2 amide bonds. The molecule has 164 valence electrons. The Balaban J connectivity index is 1.14. The van der Waals surface area contributed by atoms with Crippen molar-refractivity contribution in [1.82, 2.24) is 15.1 Å². The third kappa shape index (κ3) is 5.94. The van der Waals surface area contributed by atoms with Gasteiger partial charge in [-0.1, -0.05) is 12.1 Å². The standard InChI is InChI=1S/C22H26FN5O2S/c23-17-4-1-2-5-18(17)27-11-13-28(14-12-27)21(29)6-3-15-31-20-10-9-19(25-26-20)24-22(30)16-7-8-16/h1-2,4-5,9-10,16H,3,6-8,11-15H2,(H,24,25,30). The van der Waals surface area contributed by atoms with E-state index in [1.165, 1.54) is 6.07 Å². The molecule has 2 aromatic rings. The molecule has 1 aromatic carbocycles. The van der Waals surface area contributed by atoms with Crippen molar-refractivity contribution in [2.75, 3.05) is 42.1 Å². The average Bonchev–Trinajstić information content (AvgIpc) is 3.64. The van der Waals surface area contributed by atoms with E-state index in [4.69, 9.17) is 0 Å². The summed E-state index contributed by atoms with van der Waals surface area (Å²) in [5, 5.41) is 11.7. The Labute approximate surface area is 185 Å². The van der Waals surface area contributed by atoms with Gasteiger partial charge >= 0.3 is 0 Å². The van der Waals surface area contributed by atoms with E-state index in [2.05, 4.69) is 15.5 Å². The van der Waals surface area contributed by atoms with E-state index in [1.807, 2.05) is 21.9 Å². The first-order valence-corrected chi connectivity index (χ1v) is 11.6. The Hall–Kier alpha value is -2.68. The van der Waals surface area contributed by atoms with Crippen molar-refractivity contribution in [2.24, 2.45) is 5.92 Å². The molecule has 2 fully saturated rings. The monoisotopic (exact) mass is 443 g/mol. The van der Waals surface area contributed by atoms with E-state index in [0.29, 0.717) is 44.1 Å². The van der Waals surface area contributed by atoms with Crippen LogP contribution in [0, 0.1) is 11.7 Å². The van der Waals surface area contributed by atoms with Gasteiger partial charge in [-0.25, -0.2) is 4.39 Å². The number of benzene rings is 1. The number of hydrogen-bond donors (Lipinski definition) is 1. The number of carbonyl (C=O) groups is 2. The van der Waals surface area contributed by atoms with E-state index in [0.717, 1.165) is 30.0 Å². The molecule has 1 aliphatic carbocycles. The minimum absolute atomic E-state index is 0.0166. The first kappa shape index (κ1) is 21.5. The van der Waals surface area contributed by atoms with E-state index in [9.17, 15) is 14.0 Å². The molecule has 1 N–H and O–H groups in total. The SMILES string of the molecule is O=C(Nc1ccc(SCCCC(=O)N2CCN(c3ccccc3F)CC2)nn1)C1CC1. The lowest BCUT2D eigenvalue weighted by Crippen LogP contribution is -2.49. The van der Waals surface area contributed by atoms with Gasteiger partial charge in [0, 0.05) is 44.3 Å². The van der Waals surface area contributed by atoms with Gasteiger partial charge in [-0.15, -0.1) is 22.0 Å². The van der Waals surface area contributed by atoms with Gasteiger partial charge in [0.2, 0.25) is 11.8 Å². The van der Waals surface area contributed by atoms with Gasteiger partial charge < -0.3 is 15.1 Å². The molecule has 2 aliphatic rings. The number of piperazine rings is 1. The molecule has 31 heavy (non-hydrogen) atoms. The summed E-state index contributed by atoms with van der Waals surface area (Å²) < 4.78 is 13.9. The summed E-state index contributed by atoms with van der Waals surface area (Å²) in [6, 6.07) is 10.4. The number of hydrogen-bond acceptors (Lipinski definition) is 6. The smallest absolute Gasteiger partial charge is 0.228 e. The molecule has 1 aliphatic heterocycles. The minimum atomic E-state index is -0.222. The largest absolute Gasteiger partial charge is 0.366 e. The molecule has 9 heteroatoms. The fourth-order valence-corrected chi connectivity index (χ4v) is 4.26. The van der Waals surface area contributed by atoms with Gasteiger partial charge in [-0.05, 0) is 43.5 Å². The highest BCUT2D eigenvalue weighted by Gasteiger charge is 2.29. The van der Waals surface area contributed by atoms with Crippen molar-refractivity contribution < 1.29 is 14.0 Å². The van der Waals surface area contributed by atoms with Gasteiger partial charge in [0.15, 0.2) is 5.82 Å². The lowest BCUT2D eigenvalue weighted by Gasteiger charge is -2.36. The van der Waals surface area contributed by atoms with Crippen molar-refractivity contribution in [3.8, 4) is 0 Å². The van der Waals surface area contributed by atoms with Crippen molar-refractivity contribution in [2.45, 2.75) is 30.7 Å². The van der Waals surface area contributed by atoms with Crippen LogP contribution in [0.25, 0.3) is 0 Å². The van der Waals surface area contributed by atoms with Crippen molar-refractivity contribution in [3.05, 3.63) is 42.2 Å². The highest BCUT2D eigenvalue weighted by molar-refractivity contribution is 7.99. The number of anilines is 2. The predicted octanol–water partition coefficient (Wildman–Crippen LogP) is 3.19. The van der Waals surface area contributed by atoms with Crippen LogP contribution in [0.15, 0.2) is 41.4 Å². The molecule has 0 radical (unpaired) electrons. The second-order valence-electron chi connectivity index (χ2n) is 7.79. The fraction of sp³-hybridized carbons (Fsp3) is 0.455. The molecule has 0 unspecified atom stereocenters. The first-order chi connectivity index (χ1) is 15.1. The van der Waals surface area contributed by atoms with Gasteiger partial charge in [-0.2, -0.15) is 0 Å². The van der Waals surface area contributed by atoms with Crippen LogP contribution < -0.4 is 10.2 Å². The molecule has 0 atom stereocenters. The molecule has 4 rings (SSSR count). The maximum atomic E-state index is 13.9. The van der Waals surface area contributed by atoms with E-state index >= 15 is 0 Å². The van der Waals surface area contributed by atoms with Crippen LogP contribution >= 0.6 is 11.8 Å². The van der Waals surface area contributed by atoms with Crippen LogP contribution in [0.1, 0.15) is 25.7 Å². The predicted molar refractivity (Wildman–Crippen MR) is 119 cm³/mol. The van der Waals surface area contributed by atoms with Crippen LogP contribution in [-0.4, -0.2) is 58.8 Å². The van der Waals surface area contributed by atoms with E-state index in [1.54, 1.807) is 30.0 Å². The molecule has 1 aromatic heterocycles. The van der Waals surface area contributed by atoms with Gasteiger partial charge in [0.1, 0.15) is 10.8 Å². The lowest BCUT2D eigenvalue weighted by molar-refractivity contribution is -0.131. The van der Waals surface area contributed by atoms with Gasteiger partial charge in [0.25, 0.3) is 0 Å². The number of carbonyl (C=O) groups excluding carboxylic acids is 2. The molecule has 7 nitrogen and oxygen atoms in total. The second kappa shape index (κ2) is 10.1. The number of thioether (sulfide) groups is 1. The summed E-state index contributed by atoms with van der Waals surface area (Å²) in [5.41, 5.74) is 0.602. The number of amides is 2. The zero-order valence-corrected chi connectivity index (χ0v) is 18.1. The van der Waals surface area contributed by atoms with E-state index < -0.39 is 0 Å². The number of nitrogens with one attached hydrogen (secondary N) is 1. The quantitative estimate of drug-likeness (QED) is 0.499. The summed E-state index contributed by atoms with van der Waals surface area (Å²) in [6.07, 6.45) is 3.13. The first-order valence-electron chi connectivity index (χ1n) is 10.6. The minimum Gasteiger partial charge on any atom is -0.366 e. The van der Waals surface area contributed by atoms with Crippen molar-refractivity contribution in [3.63, 3.8) is 0 Å². The highest BCUT2D eigenvalue weighted by Crippen LogP contribution is 2.30. The number of aromatic nitrogens is 2. The summed E-state index contributed by atoms with van der Waals surface area (Å²) in [5.74, 6) is 1.31. The topological polar surface area (TPSA) is 78.4 Å². The Morgan fingerprint density at radius 3 is 2.52 bits per heavy atom. The zero-order chi connectivity index (χ0) is 21.6. The Morgan fingerprint density at radius 2 is 1.84 bits per heavy atom. The van der Waals surface area contributed by atoms with Crippen LogP contribution in [-0.2, 0) is 9.59 Å². The summed E-state index contributed by atoms with van der Waals surface area (Å²) >= 11 is 1.55. The molecule has 1 saturated heterocycles. The lowest BCUT2D eigenvalue weighted by atomic mass is 10.2. The second-order valence-corrected chi connectivity index (χ2v) is 8.91. The number of rotatable bonds is 8. The third-order valence-electron chi connectivity index (χ3n) is 5.45.